The number of amides is 1. The molecule has 4 rings (SSSR count). The van der Waals surface area contributed by atoms with E-state index in [9.17, 15) is 35.2 Å². The van der Waals surface area contributed by atoms with Crippen molar-refractivity contribution in [3.05, 3.63) is 77.9 Å². The summed E-state index contributed by atoms with van der Waals surface area (Å²) < 4.78 is 96.8. The number of nitrogens with zero attached hydrogens (tertiary/aromatic N) is 2. The molecule has 0 saturated carbocycles. The van der Waals surface area contributed by atoms with Crippen molar-refractivity contribution in [1.82, 2.24) is 14.6 Å². The molecule has 7 nitrogen and oxygen atoms in total. The Morgan fingerprint density at radius 3 is 2.40 bits per heavy atom. The van der Waals surface area contributed by atoms with Crippen LogP contribution in [0.1, 0.15) is 31.5 Å². The third-order valence-electron chi connectivity index (χ3n) is 6.44. The second kappa shape index (κ2) is 11.1. The third-order valence-corrected chi connectivity index (χ3v) is 8.31. The molecule has 1 fully saturated rings. The Kier molecular flexibility index (Phi) is 8.18. The van der Waals surface area contributed by atoms with Gasteiger partial charge in [-0.05, 0) is 72.5 Å². The van der Waals surface area contributed by atoms with Crippen molar-refractivity contribution in [1.29, 1.82) is 0 Å². The number of rotatable bonds is 8. The van der Waals surface area contributed by atoms with Crippen LogP contribution in [0.15, 0.2) is 65.7 Å². The molecule has 2 aromatic carbocycles. The van der Waals surface area contributed by atoms with E-state index in [0.717, 1.165) is 34.1 Å². The number of aromatic nitrogens is 1. The molecule has 0 aliphatic carbocycles. The van der Waals surface area contributed by atoms with E-state index in [1.807, 2.05) is 6.92 Å². The lowest BCUT2D eigenvalue weighted by atomic mass is 9.99. The van der Waals surface area contributed by atoms with Crippen molar-refractivity contribution in [2.45, 2.75) is 56.2 Å². The molecule has 1 aliphatic rings. The summed E-state index contributed by atoms with van der Waals surface area (Å²) in [5, 5.41) is 2.61. The maximum Gasteiger partial charge on any atom is 0.573 e. The number of sulfonamides is 1. The minimum Gasteiger partial charge on any atom is -0.406 e. The van der Waals surface area contributed by atoms with Gasteiger partial charge in [0.05, 0.1) is 17.1 Å². The minimum absolute atomic E-state index is 0.116. The lowest BCUT2D eigenvalue weighted by Gasteiger charge is -2.23. The highest BCUT2D eigenvalue weighted by molar-refractivity contribution is 7.89. The first-order valence-electron chi connectivity index (χ1n) is 12.3. The van der Waals surface area contributed by atoms with Gasteiger partial charge in [0.1, 0.15) is 23.3 Å². The number of nitrogens with one attached hydrogen (secondary N) is 1. The fourth-order valence-electron chi connectivity index (χ4n) is 4.53. The molecule has 0 bridgehead atoms. The number of hydrogen-bond donors (Lipinski definition) is 1. The molecule has 3 aromatic rings. The van der Waals surface area contributed by atoms with Crippen LogP contribution >= 0.6 is 0 Å². The molecule has 0 radical (unpaired) electrons. The van der Waals surface area contributed by atoms with Crippen LogP contribution in [0.5, 0.6) is 5.75 Å². The van der Waals surface area contributed by atoms with E-state index in [-0.39, 0.29) is 23.6 Å². The first kappa shape index (κ1) is 29.4. The second-order valence-corrected chi connectivity index (χ2v) is 11.5. The molecule has 40 heavy (non-hydrogen) atoms. The Labute approximate surface area is 228 Å². The SMILES string of the molecule is CCc1cnc(CNC(=O)C2CC(C)(F)CN2S(=O)(=O)c2ccc(F)cc2)cc1-c1ccc(OC(F)(F)F)cc1. The molecule has 1 saturated heterocycles. The van der Waals surface area contributed by atoms with Crippen LogP contribution in [-0.2, 0) is 27.8 Å². The van der Waals surface area contributed by atoms with Gasteiger partial charge in [0.15, 0.2) is 0 Å². The molecule has 214 valence electrons. The number of halogens is 5. The van der Waals surface area contributed by atoms with Gasteiger partial charge in [0.2, 0.25) is 15.9 Å². The first-order valence-corrected chi connectivity index (χ1v) is 13.7. The van der Waals surface area contributed by atoms with Crippen LogP contribution < -0.4 is 10.1 Å². The summed E-state index contributed by atoms with van der Waals surface area (Å²) >= 11 is 0. The molecule has 2 atom stereocenters. The maximum atomic E-state index is 15.0. The summed E-state index contributed by atoms with van der Waals surface area (Å²) in [6.45, 7) is 2.42. The molecule has 1 aromatic heterocycles. The second-order valence-electron chi connectivity index (χ2n) is 9.61. The van der Waals surface area contributed by atoms with Crippen molar-refractivity contribution in [3.8, 4) is 16.9 Å². The van der Waals surface area contributed by atoms with Gasteiger partial charge in [-0.1, -0.05) is 19.1 Å². The summed E-state index contributed by atoms with van der Waals surface area (Å²) in [4.78, 5) is 17.2. The predicted molar refractivity (Wildman–Crippen MR) is 136 cm³/mol. The van der Waals surface area contributed by atoms with Crippen LogP contribution in [0.2, 0.25) is 0 Å². The summed E-state index contributed by atoms with van der Waals surface area (Å²) in [5.41, 5.74) is 0.510. The van der Waals surface area contributed by atoms with Gasteiger partial charge in [0, 0.05) is 19.2 Å². The molecule has 0 spiro atoms. The zero-order chi connectivity index (χ0) is 29.3. The minimum atomic E-state index is -4.81. The van der Waals surface area contributed by atoms with Gasteiger partial charge in [0.25, 0.3) is 0 Å². The van der Waals surface area contributed by atoms with E-state index in [1.54, 1.807) is 12.3 Å². The summed E-state index contributed by atoms with van der Waals surface area (Å²) in [7, 11) is -4.30. The lowest BCUT2D eigenvalue weighted by molar-refractivity contribution is -0.274. The predicted octanol–water partition coefficient (Wildman–Crippen LogP) is 5.16. The normalized spacial score (nSPS) is 19.9. The average molecular weight is 584 g/mol. The van der Waals surface area contributed by atoms with Crippen LogP contribution in [-0.4, -0.2) is 48.2 Å². The van der Waals surface area contributed by atoms with E-state index in [4.69, 9.17) is 0 Å². The summed E-state index contributed by atoms with van der Waals surface area (Å²) in [6.07, 6.45) is -3.04. The molecule has 2 heterocycles. The lowest BCUT2D eigenvalue weighted by Crippen LogP contribution is -2.45. The van der Waals surface area contributed by atoms with E-state index in [0.29, 0.717) is 23.2 Å². The highest BCUT2D eigenvalue weighted by Gasteiger charge is 2.49. The van der Waals surface area contributed by atoms with Crippen LogP contribution in [0.25, 0.3) is 11.1 Å². The molecular formula is C27H26F5N3O4S. The first-order chi connectivity index (χ1) is 18.7. The Morgan fingerprint density at radius 2 is 1.80 bits per heavy atom. The van der Waals surface area contributed by atoms with Crippen molar-refractivity contribution in [2.24, 2.45) is 0 Å². The van der Waals surface area contributed by atoms with E-state index < -0.39 is 46.4 Å². The monoisotopic (exact) mass is 583 g/mol. The number of ether oxygens (including phenoxy) is 1. The fourth-order valence-corrected chi connectivity index (χ4v) is 6.22. The van der Waals surface area contributed by atoms with Gasteiger partial charge in [-0.3, -0.25) is 9.78 Å². The van der Waals surface area contributed by atoms with Gasteiger partial charge >= 0.3 is 6.36 Å². The number of carbonyl (C=O) groups excluding carboxylic acids is 1. The number of hydrogen-bond acceptors (Lipinski definition) is 5. The molecule has 1 N–H and O–H groups in total. The smallest absolute Gasteiger partial charge is 0.406 e. The Hall–Kier alpha value is -3.58. The topological polar surface area (TPSA) is 88.6 Å². The zero-order valence-corrected chi connectivity index (χ0v) is 22.3. The van der Waals surface area contributed by atoms with Crippen molar-refractivity contribution in [3.63, 3.8) is 0 Å². The van der Waals surface area contributed by atoms with Crippen LogP contribution in [0.4, 0.5) is 22.0 Å². The fraction of sp³-hybridized carbons (Fsp3) is 0.333. The number of carbonyl (C=O) groups is 1. The van der Waals surface area contributed by atoms with E-state index in [1.165, 1.54) is 31.2 Å². The number of benzene rings is 2. The van der Waals surface area contributed by atoms with Gasteiger partial charge < -0.3 is 10.1 Å². The number of pyridine rings is 1. The largest absolute Gasteiger partial charge is 0.573 e. The molecule has 13 heteroatoms. The molecule has 1 aliphatic heterocycles. The Balaban J connectivity index is 1.52. The summed E-state index contributed by atoms with van der Waals surface area (Å²) in [5.74, 6) is -1.74. The van der Waals surface area contributed by atoms with Gasteiger partial charge in [-0.25, -0.2) is 17.2 Å². The van der Waals surface area contributed by atoms with E-state index >= 15 is 0 Å². The highest BCUT2D eigenvalue weighted by atomic mass is 32.2. The zero-order valence-electron chi connectivity index (χ0n) is 21.5. The van der Waals surface area contributed by atoms with Crippen molar-refractivity contribution in [2.75, 3.05) is 6.54 Å². The van der Waals surface area contributed by atoms with Crippen LogP contribution in [0, 0.1) is 5.82 Å². The van der Waals surface area contributed by atoms with Crippen molar-refractivity contribution >= 4 is 15.9 Å². The average Bonchev–Trinajstić information content (AvgIpc) is 3.23. The molecular weight excluding hydrogens is 557 g/mol. The van der Waals surface area contributed by atoms with Gasteiger partial charge in [-0.2, -0.15) is 4.31 Å². The van der Waals surface area contributed by atoms with Crippen LogP contribution in [0.3, 0.4) is 0 Å². The van der Waals surface area contributed by atoms with E-state index in [2.05, 4.69) is 15.0 Å². The quantitative estimate of drug-likeness (QED) is 0.371. The number of alkyl halides is 4. The maximum absolute atomic E-state index is 15.0. The van der Waals surface area contributed by atoms with Crippen molar-refractivity contribution < 1.29 is 39.9 Å². The number of aryl methyl sites for hydroxylation is 1. The Morgan fingerprint density at radius 1 is 1.15 bits per heavy atom. The highest BCUT2D eigenvalue weighted by Crippen LogP contribution is 2.35. The standard InChI is InChI=1S/C27H26F5N3O4S/c1-3-17-14-33-20(12-23(17)18-4-8-21(9-5-18)39-27(30,31)32)15-34-25(36)24-13-26(2,29)16-35(24)40(37,38)22-10-6-19(28)7-11-22/h4-12,14,24H,3,13,15-16H2,1-2H3,(H,34,36). The molecule has 2 unspecified atom stereocenters. The third kappa shape index (κ3) is 6.76. The van der Waals surface area contributed by atoms with Gasteiger partial charge in [-0.15, -0.1) is 13.2 Å². The molecule has 1 amide bonds. The Bertz CT molecular complexity index is 1480. The summed E-state index contributed by atoms with van der Waals surface area (Å²) in [6, 6.07) is 9.67.